The average Bonchev–Trinajstić information content (AvgIpc) is 2.15. The van der Waals surface area contributed by atoms with Crippen LogP contribution in [0.3, 0.4) is 0 Å². The zero-order valence-corrected chi connectivity index (χ0v) is 9.30. The molecule has 0 amide bonds. The van der Waals surface area contributed by atoms with Crippen LogP contribution in [-0.4, -0.2) is 0 Å². The van der Waals surface area contributed by atoms with Crippen LogP contribution in [0.25, 0.3) is 5.57 Å². The lowest BCUT2D eigenvalue weighted by atomic mass is 9.82. The first-order valence-electron chi connectivity index (χ1n) is 4.88. The Balaban J connectivity index is 3.30. The fourth-order valence-electron chi connectivity index (χ4n) is 1.53. The maximum atomic E-state index is 4.00. The van der Waals surface area contributed by atoms with Crippen LogP contribution in [0, 0.1) is 0 Å². The van der Waals surface area contributed by atoms with Crippen molar-refractivity contribution in [2.45, 2.75) is 26.2 Å². The average molecular weight is 186 g/mol. The van der Waals surface area contributed by atoms with Crippen molar-refractivity contribution in [2.75, 3.05) is 0 Å². The molecule has 1 rings (SSSR count). The van der Waals surface area contributed by atoms with Crippen molar-refractivity contribution in [3.8, 4) is 0 Å². The van der Waals surface area contributed by atoms with Gasteiger partial charge in [0.2, 0.25) is 0 Å². The third kappa shape index (κ3) is 2.14. The standard InChI is InChI=1S/C14H18/c1-6-11(2)12-9-7-8-10-13(12)14(3,4)5/h6-10H,1-2H2,3-5H3. The molecular formula is C14H18. The normalized spacial score (nSPS) is 11.1. The first-order chi connectivity index (χ1) is 6.46. The molecule has 0 nitrogen and oxygen atoms in total. The predicted octanol–water partition coefficient (Wildman–Crippen LogP) is 4.18. The molecule has 0 atom stereocenters. The molecule has 0 saturated heterocycles. The number of rotatable bonds is 2. The van der Waals surface area contributed by atoms with Gasteiger partial charge in [-0.05, 0) is 22.1 Å². The molecule has 0 spiro atoms. The monoisotopic (exact) mass is 186 g/mol. The van der Waals surface area contributed by atoms with E-state index in [0.717, 1.165) is 5.57 Å². The van der Waals surface area contributed by atoms with Crippen LogP contribution < -0.4 is 0 Å². The van der Waals surface area contributed by atoms with Crippen LogP contribution in [0.1, 0.15) is 31.9 Å². The third-order valence-electron chi connectivity index (χ3n) is 2.33. The van der Waals surface area contributed by atoms with E-state index in [4.69, 9.17) is 0 Å². The van der Waals surface area contributed by atoms with E-state index in [1.807, 2.05) is 12.1 Å². The van der Waals surface area contributed by atoms with Gasteiger partial charge in [-0.15, -0.1) is 0 Å². The molecule has 74 valence electrons. The highest BCUT2D eigenvalue weighted by Gasteiger charge is 2.17. The second kappa shape index (κ2) is 3.83. The molecule has 0 bridgehead atoms. The maximum absolute atomic E-state index is 4.00. The Kier molecular flexibility index (Phi) is 2.95. The predicted molar refractivity (Wildman–Crippen MR) is 64.4 cm³/mol. The van der Waals surface area contributed by atoms with Crippen molar-refractivity contribution >= 4 is 5.57 Å². The van der Waals surface area contributed by atoms with E-state index in [-0.39, 0.29) is 5.41 Å². The number of benzene rings is 1. The Labute approximate surface area is 87.0 Å². The van der Waals surface area contributed by atoms with Crippen molar-refractivity contribution in [2.24, 2.45) is 0 Å². The zero-order valence-electron chi connectivity index (χ0n) is 9.30. The van der Waals surface area contributed by atoms with Gasteiger partial charge < -0.3 is 0 Å². The molecule has 0 aromatic heterocycles. The van der Waals surface area contributed by atoms with Crippen LogP contribution in [0.2, 0.25) is 0 Å². The second-order valence-electron chi connectivity index (χ2n) is 4.52. The SMILES string of the molecule is C=CC(=C)c1ccccc1C(C)(C)C. The van der Waals surface area contributed by atoms with Crippen LogP contribution >= 0.6 is 0 Å². The Bertz CT molecular complexity index is 351. The summed E-state index contributed by atoms with van der Waals surface area (Å²) in [5, 5.41) is 0. The van der Waals surface area contributed by atoms with Crippen molar-refractivity contribution < 1.29 is 0 Å². The summed E-state index contributed by atoms with van der Waals surface area (Å²) in [7, 11) is 0. The molecule has 0 unspecified atom stereocenters. The van der Waals surface area contributed by atoms with E-state index in [1.54, 1.807) is 0 Å². The van der Waals surface area contributed by atoms with Crippen molar-refractivity contribution in [1.29, 1.82) is 0 Å². The first kappa shape index (κ1) is 10.8. The fraction of sp³-hybridized carbons (Fsp3) is 0.286. The van der Waals surface area contributed by atoms with Crippen LogP contribution in [0.5, 0.6) is 0 Å². The van der Waals surface area contributed by atoms with E-state index < -0.39 is 0 Å². The Hall–Kier alpha value is -1.30. The molecule has 14 heavy (non-hydrogen) atoms. The minimum atomic E-state index is 0.155. The van der Waals surface area contributed by atoms with Gasteiger partial charge in [-0.25, -0.2) is 0 Å². The molecule has 0 saturated carbocycles. The number of allylic oxidation sites excluding steroid dienone is 2. The van der Waals surface area contributed by atoms with E-state index >= 15 is 0 Å². The van der Waals surface area contributed by atoms with Crippen molar-refractivity contribution in [3.63, 3.8) is 0 Å². The summed E-state index contributed by atoms with van der Waals surface area (Å²) in [6.07, 6.45) is 1.81. The van der Waals surface area contributed by atoms with E-state index in [1.165, 1.54) is 11.1 Å². The summed E-state index contributed by atoms with van der Waals surface area (Å²) in [5.41, 5.74) is 3.68. The number of hydrogen-bond donors (Lipinski definition) is 0. The van der Waals surface area contributed by atoms with Gasteiger partial charge >= 0.3 is 0 Å². The van der Waals surface area contributed by atoms with Gasteiger partial charge in [0, 0.05) is 0 Å². The highest BCUT2D eigenvalue weighted by molar-refractivity contribution is 5.74. The first-order valence-corrected chi connectivity index (χ1v) is 4.88. The summed E-state index contributed by atoms with van der Waals surface area (Å²) < 4.78 is 0. The van der Waals surface area contributed by atoms with Gasteiger partial charge in [0.25, 0.3) is 0 Å². The van der Waals surface area contributed by atoms with Gasteiger partial charge in [-0.1, -0.05) is 64.3 Å². The highest BCUT2D eigenvalue weighted by Crippen LogP contribution is 2.29. The molecule has 0 fully saturated rings. The van der Waals surface area contributed by atoms with Crippen molar-refractivity contribution in [3.05, 3.63) is 54.6 Å². The lowest BCUT2D eigenvalue weighted by Crippen LogP contribution is -2.13. The molecular weight excluding hydrogens is 168 g/mol. The van der Waals surface area contributed by atoms with Crippen LogP contribution in [0.15, 0.2) is 43.5 Å². The third-order valence-corrected chi connectivity index (χ3v) is 2.33. The zero-order chi connectivity index (χ0) is 10.8. The lowest BCUT2D eigenvalue weighted by molar-refractivity contribution is 0.589. The molecule has 0 aliphatic rings. The van der Waals surface area contributed by atoms with Gasteiger partial charge in [-0.2, -0.15) is 0 Å². The summed E-state index contributed by atoms with van der Waals surface area (Å²) in [4.78, 5) is 0. The van der Waals surface area contributed by atoms with Gasteiger partial charge in [-0.3, -0.25) is 0 Å². The van der Waals surface area contributed by atoms with E-state index in [2.05, 4.69) is 52.1 Å². The molecule has 1 aromatic rings. The fourth-order valence-corrected chi connectivity index (χ4v) is 1.53. The van der Waals surface area contributed by atoms with Gasteiger partial charge in [0.1, 0.15) is 0 Å². The minimum Gasteiger partial charge on any atom is -0.0985 e. The lowest BCUT2D eigenvalue weighted by Gasteiger charge is -2.23. The van der Waals surface area contributed by atoms with Crippen molar-refractivity contribution in [1.82, 2.24) is 0 Å². The summed E-state index contributed by atoms with van der Waals surface area (Å²) >= 11 is 0. The van der Waals surface area contributed by atoms with Gasteiger partial charge in [0.15, 0.2) is 0 Å². The molecule has 0 heterocycles. The van der Waals surface area contributed by atoms with E-state index in [0.29, 0.717) is 0 Å². The molecule has 1 aromatic carbocycles. The Morgan fingerprint density at radius 2 is 1.79 bits per heavy atom. The molecule has 0 N–H and O–H groups in total. The van der Waals surface area contributed by atoms with E-state index in [9.17, 15) is 0 Å². The second-order valence-corrected chi connectivity index (χ2v) is 4.52. The highest BCUT2D eigenvalue weighted by atomic mass is 14.2. The summed E-state index contributed by atoms with van der Waals surface area (Å²) in [6, 6.07) is 8.37. The van der Waals surface area contributed by atoms with Crippen LogP contribution in [0.4, 0.5) is 0 Å². The minimum absolute atomic E-state index is 0.155. The smallest absolute Gasteiger partial charge is 0.0126 e. The molecule has 0 radical (unpaired) electrons. The summed E-state index contributed by atoms with van der Waals surface area (Å²) in [6.45, 7) is 14.4. The molecule has 0 aliphatic heterocycles. The van der Waals surface area contributed by atoms with Gasteiger partial charge in [0.05, 0.1) is 0 Å². The van der Waals surface area contributed by atoms with Crippen LogP contribution in [-0.2, 0) is 5.41 Å². The molecule has 0 aliphatic carbocycles. The Morgan fingerprint density at radius 1 is 1.21 bits per heavy atom. The Morgan fingerprint density at radius 3 is 2.29 bits per heavy atom. The maximum Gasteiger partial charge on any atom is -0.0126 e. The summed E-state index contributed by atoms with van der Waals surface area (Å²) in [5.74, 6) is 0. The topological polar surface area (TPSA) is 0 Å². The molecule has 0 heteroatoms. The number of hydrogen-bond acceptors (Lipinski definition) is 0. The quantitative estimate of drug-likeness (QED) is 0.608. The largest absolute Gasteiger partial charge is 0.0985 e.